The minimum absolute atomic E-state index is 0.0572. The van der Waals surface area contributed by atoms with Gasteiger partial charge in [-0.05, 0) is 6.07 Å². The van der Waals surface area contributed by atoms with Crippen LogP contribution in [0.2, 0.25) is 5.15 Å². The normalized spacial score (nSPS) is 16.1. The molecular weight excluding hydrogens is 299 g/mol. The maximum atomic E-state index is 12.7. The van der Waals surface area contributed by atoms with Crippen molar-refractivity contribution in [1.29, 1.82) is 0 Å². The first-order valence-electron chi connectivity index (χ1n) is 5.74. The van der Waals surface area contributed by atoms with Gasteiger partial charge in [0.1, 0.15) is 5.15 Å². The van der Waals surface area contributed by atoms with Gasteiger partial charge in [-0.2, -0.15) is 13.2 Å². The SMILES string of the molecule is O=C(Nc1cnc(Cl)c(C(F)(F)F)c1)N1CCOCC1. The van der Waals surface area contributed by atoms with Gasteiger partial charge in [-0.1, -0.05) is 11.6 Å². The molecule has 1 aliphatic heterocycles. The number of amides is 2. The molecule has 0 unspecified atom stereocenters. The van der Waals surface area contributed by atoms with E-state index in [1.165, 1.54) is 4.90 Å². The maximum absolute atomic E-state index is 12.7. The molecule has 0 aromatic carbocycles. The van der Waals surface area contributed by atoms with Gasteiger partial charge in [0.25, 0.3) is 0 Å². The monoisotopic (exact) mass is 309 g/mol. The molecule has 1 aromatic heterocycles. The molecule has 2 heterocycles. The summed E-state index contributed by atoms with van der Waals surface area (Å²) in [5.74, 6) is 0. The number of carbonyl (C=O) groups is 1. The lowest BCUT2D eigenvalue weighted by Crippen LogP contribution is -2.43. The largest absolute Gasteiger partial charge is 0.419 e. The second-order valence-corrected chi connectivity index (χ2v) is 4.45. The highest BCUT2D eigenvalue weighted by molar-refractivity contribution is 6.30. The average Bonchev–Trinajstić information content (AvgIpc) is 2.40. The fourth-order valence-electron chi connectivity index (χ4n) is 1.68. The summed E-state index contributed by atoms with van der Waals surface area (Å²) in [5.41, 5.74) is -1.14. The molecular formula is C11H11ClF3N3O2. The number of anilines is 1. The number of nitrogens with one attached hydrogen (secondary N) is 1. The first-order valence-corrected chi connectivity index (χ1v) is 6.12. The van der Waals surface area contributed by atoms with E-state index < -0.39 is 22.9 Å². The van der Waals surface area contributed by atoms with E-state index in [0.29, 0.717) is 26.3 Å². The summed E-state index contributed by atoms with van der Waals surface area (Å²) in [7, 11) is 0. The average molecular weight is 310 g/mol. The molecule has 2 rings (SSSR count). The lowest BCUT2D eigenvalue weighted by molar-refractivity contribution is -0.137. The van der Waals surface area contributed by atoms with Gasteiger partial charge in [-0.3, -0.25) is 0 Å². The number of rotatable bonds is 1. The van der Waals surface area contributed by atoms with Crippen molar-refractivity contribution < 1.29 is 22.7 Å². The molecule has 1 saturated heterocycles. The topological polar surface area (TPSA) is 54.5 Å². The summed E-state index contributed by atoms with van der Waals surface area (Å²) < 4.78 is 43.0. The second kappa shape index (κ2) is 5.84. The number of pyridine rings is 1. The molecule has 0 atom stereocenters. The predicted molar refractivity (Wildman–Crippen MR) is 65.7 cm³/mol. The van der Waals surface area contributed by atoms with Crippen molar-refractivity contribution in [2.24, 2.45) is 0 Å². The third-order valence-electron chi connectivity index (χ3n) is 2.69. The van der Waals surface area contributed by atoms with E-state index in [1.807, 2.05) is 0 Å². The zero-order chi connectivity index (χ0) is 14.8. The molecule has 0 spiro atoms. The molecule has 110 valence electrons. The Bertz CT molecular complexity index is 504. The number of halogens is 4. The van der Waals surface area contributed by atoms with Crippen molar-refractivity contribution in [3.05, 3.63) is 23.0 Å². The Morgan fingerprint density at radius 3 is 2.65 bits per heavy atom. The zero-order valence-corrected chi connectivity index (χ0v) is 11.0. The van der Waals surface area contributed by atoms with Crippen molar-refractivity contribution in [3.8, 4) is 0 Å². The number of nitrogens with zero attached hydrogens (tertiary/aromatic N) is 2. The second-order valence-electron chi connectivity index (χ2n) is 4.09. The van der Waals surface area contributed by atoms with Crippen LogP contribution in [0.3, 0.4) is 0 Å². The molecule has 20 heavy (non-hydrogen) atoms. The van der Waals surface area contributed by atoms with Crippen molar-refractivity contribution in [3.63, 3.8) is 0 Å². The molecule has 9 heteroatoms. The highest BCUT2D eigenvalue weighted by Gasteiger charge is 2.34. The summed E-state index contributed by atoms with van der Waals surface area (Å²) in [6.07, 6.45) is -3.54. The number of aromatic nitrogens is 1. The van der Waals surface area contributed by atoms with Crippen LogP contribution in [0.25, 0.3) is 0 Å². The Balaban J connectivity index is 2.11. The molecule has 1 N–H and O–H groups in total. The fraction of sp³-hybridized carbons (Fsp3) is 0.455. The van der Waals surface area contributed by atoms with Crippen LogP contribution in [0.1, 0.15) is 5.56 Å². The van der Waals surface area contributed by atoms with Crippen LogP contribution in [0.15, 0.2) is 12.3 Å². The summed E-state index contributed by atoms with van der Waals surface area (Å²) in [6.45, 7) is 1.58. The molecule has 1 fully saturated rings. The van der Waals surface area contributed by atoms with E-state index >= 15 is 0 Å². The van der Waals surface area contributed by atoms with Gasteiger partial charge in [0.15, 0.2) is 0 Å². The number of morpholine rings is 1. The van der Waals surface area contributed by atoms with Crippen LogP contribution in [0.5, 0.6) is 0 Å². The van der Waals surface area contributed by atoms with Gasteiger partial charge < -0.3 is 15.0 Å². The smallest absolute Gasteiger partial charge is 0.378 e. The zero-order valence-electron chi connectivity index (χ0n) is 10.2. The lowest BCUT2D eigenvalue weighted by Gasteiger charge is -2.27. The quantitative estimate of drug-likeness (QED) is 0.811. The number of alkyl halides is 3. The highest BCUT2D eigenvalue weighted by Crippen LogP contribution is 2.34. The standard InChI is InChI=1S/C11H11ClF3N3O2/c12-9-8(11(13,14)15)5-7(6-16-9)17-10(19)18-1-3-20-4-2-18/h5-6H,1-4H2,(H,17,19). The van der Waals surface area contributed by atoms with Gasteiger partial charge in [0, 0.05) is 13.1 Å². The van der Waals surface area contributed by atoms with E-state index in [4.69, 9.17) is 16.3 Å². The van der Waals surface area contributed by atoms with E-state index in [9.17, 15) is 18.0 Å². The number of hydrogen-bond acceptors (Lipinski definition) is 3. The van der Waals surface area contributed by atoms with E-state index in [1.54, 1.807) is 0 Å². The van der Waals surface area contributed by atoms with Gasteiger partial charge >= 0.3 is 12.2 Å². The highest BCUT2D eigenvalue weighted by atomic mass is 35.5. The van der Waals surface area contributed by atoms with Crippen LogP contribution < -0.4 is 5.32 Å². The van der Waals surface area contributed by atoms with Crippen molar-refractivity contribution in [2.45, 2.75) is 6.18 Å². The fourth-order valence-corrected chi connectivity index (χ4v) is 1.89. The third kappa shape index (κ3) is 3.51. The molecule has 0 saturated carbocycles. The molecule has 5 nitrogen and oxygen atoms in total. The lowest BCUT2D eigenvalue weighted by atomic mass is 10.2. The van der Waals surface area contributed by atoms with E-state index in [2.05, 4.69) is 10.3 Å². The van der Waals surface area contributed by atoms with Crippen LogP contribution in [-0.2, 0) is 10.9 Å². The predicted octanol–water partition coefficient (Wildman–Crippen LogP) is 2.62. The molecule has 1 aromatic rings. The molecule has 2 amide bonds. The summed E-state index contributed by atoms with van der Waals surface area (Å²) in [5, 5.41) is 1.71. The van der Waals surface area contributed by atoms with Gasteiger partial charge in [-0.25, -0.2) is 9.78 Å². The Hall–Kier alpha value is -1.54. The molecule has 0 aliphatic carbocycles. The number of ether oxygens (including phenoxy) is 1. The molecule has 0 bridgehead atoms. The minimum Gasteiger partial charge on any atom is -0.378 e. The third-order valence-corrected chi connectivity index (χ3v) is 3.00. The minimum atomic E-state index is -4.62. The summed E-state index contributed by atoms with van der Waals surface area (Å²) in [4.78, 5) is 16.7. The summed E-state index contributed by atoms with van der Waals surface area (Å²) >= 11 is 5.40. The van der Waals surface area contributed by atoms with Crippen molar-refractivity contribution in [2.75, 3.05) is 31.6 Å². The number of hydrogen-bond donors (Lipinski definition) is 1. The Labute approximate surface area is 117 Å². The van der Waals surface area contributed by atoms with Crippen LogP contribution >= 0.6 is 11.6 Å². The first-order chi connectivity index (χ1) is 9.38. The first kappa shape index (κ1) is 14.9. The summed E-state index contributed by atoms with van der Waals surface area (Å²) in [6, 6.07) is 0.263. The van der Waals surface area contributed by atoms with E-state index in [-0.39, 0.29) is 5.69 Å². The van der Waals surface area contributed by atoms with Crippen LogP contribution in [0, 0.1) is 0 Å². The van der Waals surface area contributed by atoms with E-state index in [0.717, 1.165) is 12.3 Å². The van der Waals surface area contributed by atoms with Crippen molar-refractivity contribution in [1.82, 2.24) is 9.88 Å². The van der Waals surface area contributed by atoms with Gasteiger partial charge in [0.2, 0.25) is 0 Å². The molecule has 0 radical (unpaired) electrons. The molecule has 1 aliphatic rings. The number of carbonyl (C=O) groups excluding carboxylic acids is 1. The van der Waals surface area contributed by atoms with Crippen LogP contribution in [-0.4, -0.2) is 42.2 Å². The Morgan fingerprint density at radius 2 is 2.05 bits per heavy atom. The maximum Gasteiger partial charge on any atom is 0.419 e. The van der Waals surface area contributed by atoms with Crippen molar-refractivity contribution >= 4 is 23.3 Å². The Kier molecular flexibility index (Phi) is 4.34. The van der Waals surface area contributed by atoms with Crippen LogP contribution in [0.4, 0.5) is 23.7 Å². The van der Waals surface area contributed by atoms with Gasteiger partial charge in [-0.15, -0.1) is 0 Å². The van der Waals surface area contributed by atoms with Gasteiger partial charge in [0.05, 0.1) is 30.7 Å². The number of urea groups is 1. The Morgan fingerprint density at radius 1 is 1.40 bits per heavy atom.